The Hall–Kier alpha value is -7.94. The van der Waals surface area contributed by atoms with Crippen LogP contribution < -0.4 is 9.80 Å². The maximum atomic E-state index is 2.39. The minimum Gasteiger partial charge on any atom is -0.311 e. The molecule has 0 saturated heterocycles. The van der Waals surface area contributed by atoms with Crippen LogP contribution >= 0.6 is 0 Å². The number of hydrogen-bond donors (Lipinski definition) is 0. The third-order valence-corrected chi connectivity index (χ3v) is 11.5. The Morgan fingerprint density at radius 1 is 0.295 bits per heavy atom. The molecule has 10 aromatic carbocycles. The second-order valence-corrected chi connectivity index (χ2v) is 15.5. The Kier molecular flexibility index (Phi) is 10.2. The molecule has 2 heteroatoms. The SMILES string of the molecule is Cc1ccc(N(c2ccc(-c3ccc(C=Cc4ccc(-c5ccc(N(c6ccccc6)c6ccccc6)cc5)cc4)cc3)cc2)c2cc3ccccc3c3ccccc23)cc1. The van der Waals surface area contributed by atoms with E-state index < -0.39 is 0 Å². The molecule has 10 aromatic rings. The van der Waals surface area contributed by atoms with Crippen LogP contribution in [0.5, 0.6) is 0 Å². The highest BCUT2D eigenvalue weighted by molar-refractivity contribution is 6.14. The summed E-state index contributed by atoms with van der Waals surface area (Å²) in [6, 6.07) is 85.0. The molecule has 0 N–H and O–H groups in total. The molecule has 0 unspecified atom stereocenters. The summed E-state index contributed by atoms with van der Waals surface area (Å²) in [6.45, 7) is 2.14. The van der Waals surface area contributed by atoms with E-state index in [1.807, 2.05) is 0 Å². The van der Waals surface area contributed by atoms with E-state index >= 15 is 0 Å². The molecule has 290 valence electrons. The summed E-state index contributed by atoms with van der Waals surface area (Å²) in [7, 11) is 0. The molecule has 10 rings (SSSR count). The van der Waals surface area contributed by atoms with Crippen LogP contribution in [0.3, 0.4) is 0 Å². The molecule has 0 amide bonds. The van der Waals surface area contributed by atoms with Crippen LogP contribution in [0, 0.1) is 6.92 Å². The zero-order valence-electron chi connectivity index (χ0n) is 34.1. The predicted molar refractivity (Wildman–Crippen MR) is 262 cm³/mol. The van der Waals surface area contributed by atoms with E-state index in [1.54, 1.807) is 0 Å². The average molecular weight is 781 g/mol. The first-order valence-electron chi connectivity index (χ1n) is 20.9. The van der Waals surface area contributed by atoms with Crippen LogP contribution in [-0.4, -0.2) is 0 Å². The summed E-state index contributed by atoms with van der Waals surface area (Å²) in [6.07, 6.45) is 4.37. The first kappa shape index (κ1) is 37.3. The number of aryl methyl sites for hydroxylation is 1. The maximum Gasteiger partial charge on any atom is 0.0546 e. The molecule has 0 aliphatic heterocycles. The van der Waals surface area contributed by atoms with Gasteiger partial charge in [0.2, 0.25) is 0 Å². The monoisotopic (exact) mass is 780 g/mol. The third-order valence-electron chi connectivity index (χ3n) is 11.5. The van der Waals surface area contributed by atoms with Gasteiger partial charge in [-0.2, -0.15) is 0 Å². The van der Waals surface area contributed by atoms with Crippen molar-refractivity contribution in [1.29, 1.82) is 0 Å². The van der Waals surface area contributed by atoms with Gasteiger partial charge in [-0.25, -0.2) is 0 Å². The van der Waals surface area contributed by atoms with Crippen molar-refractivity contribution in [3.63, 3.8) is 0 Å². The quantitative estimate of drug-likeness (QED) is 0.101. The average Bonchev–Trinajstić information content (AvgIpc) is 3.33. The largest absolute Gasteiger partial charge is 0.311 e. The second kappa shape index (κ2) is 16.7. The van der Waals surface area contributed by atoms with Crippen LogP contribution in [0.1, 0.15) is 16.7 Å². The van der Waals surface area contributed by atoms with Gasteiger partial charge in [0.05, 0.1) is 5.69 Å². The van der Waals surface area contributed by atoms with E-state index in [-0.39, 0.29) is 0 Å². The Morgan fingerprint density at radius 3 is 1.15 bits per heavy atom. The number of nitrogens with zero attached hydrogens (tertiary/aromatic N) is 2. The lowest BCUT2D eigenvalue weighted by molar-refractivity contribution is 1.28. The Labute approximate surface area is 358 Å². The van der Waals surface area contributed by atoms with Crippen molar-refractivity contribution in [2.24, 2.45) is 0 Å². The van der Waals surface area contributed by atoms with E-state index in [2.05, 4.69) is 265 Å². The van der Waals surface area contributed by atoms with Gasteiger partial charge < -0.3 is 9.80 Å². The fourth-order valence-corrected chi connectivity index (χ4v) is 8.31. The van der Waals surface area contributed by atoms with Crippen molar-refractivity contribution >= 4 is 67.8 Å². The van der Waals surface area contributed by atoms with Gasteiger partial charge in [-0.05, 0) is 123 Å². The number of benzene rings is 10. The van der Waals surface area contributed by atoms with Crippen molar-refractivity contribution in [2.75, 3.05) is 9.80 Å². The fraction of sp³-hybridized carbons (Fsp3) is 0.0169. The molecular weight excluding hydrogens is 737 g/mol. The summed E-state index contributed by atoms with van der Waals surface area (Å²) in [5.74, 6) is 0. The zero-order chi connectivity index (χ0) is 41.0. The number of para-hydroxylation sites is 2. The summed E-state index contributed by atoms with van der Waals surface area (Å²) < 4.78 is 0. The van der Waals surface area contributed by atoms with Crippen LogP contribution in [0.4, 0.5) is 34.1 Å². The molecule has 0 aliphatic rings. The van der Waals surface area contributed by atoms with Crippen LogP contribution in [0.15, 0.2) is 237 Å². The van der Waals surface area contributed by atoms with Crippen LogP contribution in [0.2, 0.25) is 0 Å². The topological polar surface area (TPSA) is 6.48 Å². The van der Waals surface area contributed by atoms with Crippen molar-refractivity contribution in [2.45, 2.75) is 6.92 Å². The van der Waals surface area contributed by atoms with Crippen molar-refractivity contribution in [1.82, 2.24) is 0 Å². The third kappa shape index (κ3) is 7.83. The molecule has 2 nitrogen and oxygen atoms in total. The molecule has 61 heavy (non-hydrogen) atoms. The summed E-state index contributed by atoms with van der Waals surface area (Å²) in [5.41, 5.74) is 15.1. The highest BCUT2D eigenvalue weighted by atomic mass is 15.1. The summed E-state index contributed by atoms with van der Waals surface area (Å²) >= 11 is 0. The lowest BCUT2D eigenvalue weighted by atomic mass is 9.98. The minimum absolute atomic E-state index is 1.12. The summed E-state index contributed by atoms with van der Waals surface area (Å²) in [5, 5.41) is 4.98. The van der Waals surface area contributed by atoms with Crippen molar-refractivity contribution in [3.05, 3.63) is 253 Å². The standard InChI is InChI=1S/C59H44N2/c1-43-20-36-54(37-21-43)61(59-42-50-12-8-9-17-56(50)57-18-10-11-19-58(57)59)55-40-34-49(35-41-55)47-30-26-45(27-31-47)23-22-44-24-28-46(29-25-44)48-32-38-53(39-33-48)60(51-13-4-2-5-14-51)52-15-6-3-7-16-52/h2-42H,1H3. The highest BCUT2D eigenvalue weighted by Crippen LogP contribution is 2.42. The number of anilines is 6. The molecule has 0 aromatic heterocycles. The Morgan fingerprint density at radius 2 is 0.656 bits per heavy atom. The first-order chi connectivity index (χ1) is 30.1. The minimum atomic E-state index is 1.12. The zero-order valence-corrected chi connectivity index (χ0v) is 34.1. The molecule has 0 radical (unpaired) electrons. The fourth-order valence-electron chi connectivity index (χ4n) is 8.31. The highest BCUT2D eigenvalue weighted by Gasteiger charge is 2.18. The second-order valence-electron chi connectivity index (χ2n) is 15.5. The number of fused-ring (bicyclic) bond motifs is 3. The summed E-state index contributed by atoms with van der Waals surface area (Å²) in [4.78, 5) is 4.68. The molecule has 0 heterocycles. The van der Waals surface area contributed by atoms with E-state index in [9.17, 15) is 0 Å². The first-order valence-corrected chi connectivity index (χ1v) is 20.9. The molecule has 0 fully saturated rings. The van der Waals surface area contributed by atoms with E-state index in [0.29, 0.717) is 0 Å². The molecule has 0 saturated carbocycles. The smallest absolute Gasteiger partial charge is 0.0546 e. The van der Waals surface area contributed by atoms with Gasteiger partial charge in [0.15, 0.2) is 0 Å². The normalized spacial score (nSPS) is 11.3. The van der Waals surface area contributed by atoms with Gasteiger partial charge >= 0.3 is 0 Å². The van der Waals surface area contributed by atoms with Gasteiger partial charge in [-0.15, -0.1) is 0 Å². The van der Waals surface area contributed by atoms with Gasteiger partial charge in [0.25, 0.3) is 0 Å². The van der Waals surface area contributed by atoms with Gasteiger partial charge in [-0.3, -0.25) is 0 Å². The number of rotatable bonds is 10. The molecule has 0 bridgehead atoms. The van der Waals surface area contributed by atoms with Crippen LogP contribution in [0.25, 0.3) is 56.0 Å². The predicted octanol–water partition coefficient (Wildman–Crippen LogP) is 16.7. The van der Waals surface area contributed by atoms with Gasteiger partial charge in [0, 0.05) is 33.8 Å². The van der Waals surface area contributed by atoms with E-state index in [4.69, 9.17) is 0 Å². The number of hydrogen-bond acceptors (Lipinski definition) is 2. The lowest BCUT2D eigenvalue weighted by Crippen LogP contribution is -2.10. The van der Waals surface area contributed by atoms with Crippen LogP contribution in [-0.2, 0) is 0 Å². The molecular formula is C59H44N2. The maximum absolute atomic E-state index is 2.39. The molecule has 0 aliphatic carbocycles. The van der Waals surface area contributed by atoms with Gasteiger partial charge in [0.1, 0.15) is 0 Å². The Bertz CT molecular complexity index is 3040. The molecule has 0 atom stereocenters. The van der Waals surface area contributed by atoms with Gasteiger partial charge in [-0.1, -0.05) is 188 Å². The van der Waals surface area contributed by atoms with Crippen molar-refractivity contribution < 1.29 is 0 Å². The molecule has 0 spiro atoms. The Balaban J connectivity index is 0.856. The van der Waals surface area contributed by atoms with E-state index in [0.717, 1.165) is 39.6 Å². The van der Waals surface area contributed by atoms with Crippen molar-refractivity contribution in [3.8, 4) is 22.3 Å². The van der Waals surface area contributed by atoms with E-state index in [1.165, 1.54) is 55.0 Å². The lowest BCUT2D eigenvalue weighted by Gasteiger charge is -2.28.